The van der Waals surface area contributed by atoms with Crippen molar-refractivity contribution < 1.29 is 44.6 Å². The lowest BCUT2D eigenvalue weighted by molar-refractivity contribution is -0.138. The van der Waals surface area contributed by atoms with E-state index in [1.807, 2.05) is 0 Å². The predicted molar refractivity (Wildman–Crippen MR) is 169 cm³/mol. The van der Waals surface area contributed by atoms with Crippen LogP contribution in [0.25, 0.3) is 5.65 Å². The number of anilines is 2. The second kappa shape index (κ2) is 15.4. The van der Waals surface area contributed by atoms with E-state index in [4.69, 9.17) is 32.7 Å². The molecule has 13 nitrogen and oxygen atoms in total. The van der Waals surface area contributed by atoms with Crippen LogP contribution in [-0.4, -0.2) is 63.4 Å². The Kier molecular flexibility index (Phi) is 11.8. The van der Waals surface area contributed by atoms with Crippen LogP contribution < -0.4 is 19.1 Å². The van der Waals surface area contributed by atoms with E-state index in [2.05, 4.69) is 30.0 Å². The first-order valence-corrected chi connectivity index (χ1v) is 16.7. The van der Waals surface area contributed by atoms with Crippen molar-refractivity contribution >= 4 is 67.5 Å². The van der Waals surface area contributed by atoms with Gasteiger partial charge in [-0.25, -0.2) is 4.39 Å². The molecule has 0 spiro atoms. The van der Waals surface area contributed by atoms with Crippen LogP contribution in [0.4, 0.5) is 33.3 Å². The Hall–Kier alpha value is -4.40. The number of fused-ring (bicyclic) bond motifs is 1. The zero-order valence-electron chi connectivity index (χ0n) is 25.2. The molecule has 0 aliphatic carbocycles. The van der Waals surface area contributed by atoms with Gasteiger partial charge in [-0.2, -0.15) is 40.5 Å². The third-order valence-corrected chi connectivity index (χ3v) is 8.45. The molecule has 0 aliphatic heterocycles. The van der Waals surface area contributed by atoms with E-state index in [0.717, 1.165) is 10.6 Å². The number of sulfonamides is 1. The summed E-state index contributed by atoms with van der Waals surface area (Å²) in [5, 5.41) is 8.12. The minimum absolute atomic E-state index is 0.0148. The molecule has 262 valence electrons. The Balaban J connectivity index is 0.000000221. The van der Waals surface area contributed by atoms with E-state index in [1.165, 1.54) is 41.3 Å². The van der Waals surface area contributed by atoms with Gasteiger partial charge in [0, 0.05) is 17.8 Å². The van der Waals surface area contributed by atoms with Crippen LogP contribution in [-0.2, 0) is 21.0 Å². The molecule has 3 aromatic heterocycles. The van der Waals surface area contributed by atoms with Gasteiger partial charge < -0.3 is 14.4 Å². The number of aromatic nitrogens is 6. The van der Waals surface area contributed by atoms with Crippen LogP contribution in [0, 0.1) is 11.8 Å². The summed E-state index contributed by atoms with van der Waals surface area (Å²) in [5.74, 6) is -1.82. The minimum atomic E-state index is -4.61. The average molecular weight is 770 g/mol. The summed E-state index contributed by atoms with van der Waals surface area (Å²) < 4.78 is 102. The maximum Gasteiger partial charge on any atom is 0.445 e. The van der Waals surface area contributed by atoms with Crippen molar-refractivity contribution in [3.8, 4) is 11.2 Å². The molecule has 0 saturated carbocycles. The monoisotopic (exact) mass is 768 g/mol. The standard InChI is InChI=1S/C14H13F4N3O2S.C13H10Cl2FN5O3S/c1-8(2)21(10-5-3-9(15)4-6-10)11(22)7-23-13-20-19-12(24-13)14(16,17)18;1-2-24-13-17-9(16)6-10-18-12(19-21(10)13)25(22,23)20-11-7(14)4-3-5-8(11)15/h3-6,8H,7H2,1-2H3;3-6,20H,2H2,1H3. The number of nitrogens with one attached hydrogen (secondary N) is 1. The van der Waals surface area contributed by atoms with Crippen LogP contribution in [0.1, 0.15) is 25.8 Å². The van der Waals surface area contributed by atoms with Crippen LogP contribution in [0.15, 0.2) is 53.7 Å². The molecule has 1 N–H and O–H groups in total. The van der Waals surface area contributed by atoms with Gasteiger partial charge in [-0.05, 0) is 57.2 Å². The third-order valence-electron chi connectivity index (χ3n) is 5.82. The number of benzene rings is 2. The second-order valence-corrected chi connectivity index (χ2v) is 13.0. The first-order chi connectivity index (χ1) is 23.0. The average Bonchev–Trinajstić information content (AvgIpc) is 3.68. The van der Waals surface area contributed by atoms with Crippen molar-refractivity contribution in [1.82, 2.24) is 29.8 Å². The number of carbonyl (C=O) groups is 1. The van der Waals surface area contributed by atoms with Gasteiger partial charge in [0.05, 0.1) is 22.3 Å². The highest BCUT2D eigenvalue weighted by molar-refractivity contribution is 7.92. The first kappa shape index (κ1) is 37.4. The number of hydrogen-bond acceptors (Lipinski definition) is 11. The largest absolute Gasteiger partial charge is 0.464 e. The van der Waals surface area contributed by atoms with Gasteiger partial charge in [-0.3, -0.25) is 9.52 Å². The molecule has 0 saturated heterocycles. The summed E-state index contributed by atoms with van der Waals surface area (Å²) in [6.07, 6.45) is -4.61. The summed E-state index contributed by atoms with van der Waals surface area (Å²) in [7, 11) is -4.23. The number of nitrogens with zero attached hydrogens (tertiary/aromatic N) is 7. The van der Waals surface area contributed by atoms with E-state index in [9.17, 15) is 35.2 Å². The van der Waals surface area contributed by atoms with Gasteiger partial charge in [-0.1, -0.05) is 45.7 Å². The zero-order chi connectivity index (χ0) is 36.1. The fraction of sp³-hybridized carbons (Fsp3) is 0.259. The summed E-state index contributed by atoms with van der Waals surface area (Å²) in [4.78, 5) is 21.0. The lowest BCUT2D eigenvalue weighted by Gasteiger charge is -2.26. The molecule has 0 bridgehead atoms. The summed E-state index contributed by atoms with van der Waals surface area (Å²) in [5.41, 5.74) is 0.355. The highest BCUT2D eigenvalue weighted by atomic mass is 35.5. The molecule has 49 heavy (non-hydrogen) atoms. The normalized spacial score (nSPS) is 11.7. The van der Waals surface area contributed by atoms with E-state index in [0.29, 0.717) is 5.69 Å². The van der Waals surface area contributed by atoms with Gasteiger partial charge in [0.15, 0.2) is 12.3 Å². The van der Waals surface area contributed by atoms with E-state index in [-0.39, 0.29) is 56.6 Å². The van der Waals surface area contributed by atoms with E-state index in [1.54, 1.807) is 26.8 Å². The van der Waals surface area contributed by atoms with Gasteiger partial charge in [-0.15, -0.1) is 10.2 Å². The van der Waals surface area contributed by atoms with Crippen molar-refractivity contribution in [2.45, 2.75) is 38.1 Å². The molecule has 22 heteroatoms. The molecule has 5 rings (SSSR count). The fourth-order valence-corrected chi connectivity index (χ4v) is 5.98. The summed E-state index contributed by atoms with van der Waals surface area (Å²) in [6.45, 7) is 4.82. The molecule has 0 radical (unpaired) electrons. The molecule has 2 aromatic carbocycles. The number of halogens is 7. The number of carbonyl (C=O) groups excluding carboxylic acids is 1. The maximum atomic E-state index is 13.5. The predicted octanol–water partition coefficient (Wildman–Crippen LogP) is 6.29. The van der Waals surface area contributed by atoms with Gasteiger partial charge in [0.2, 0.25) is 11.0 Å². The van der Waals surface area contributed by atoms with Crippen LogP contribution >= 0.6 is 34.5 Å². The molecule has 0 aliphatic rings. The molecule has 5 aromatic rings. The highest BCUT2D eigenvalue weighted by Crippen LogP contribution is 2.34. The van der Waals surface area contributed by atoms with Crippen molar-refractivity contribution in [3.05, 3.63) is 75.3 Å². The number of hydrogen-bond donors (Lipinski definition) is 1. The Labute approximate surface area is 288 Å². The number of rotatable bonds is 10. The van der Waals surface area contributed by atoms with Crippen molar-refractivity contribution in [3.63, 3.8) is 0 Å². The topological polar surface area (TPSA) is 154 Å². The lowest BCUT2D eigenvalue weighted by Crippen LogP contribution is -2.40. The molecule has 3 heterocycles. The Morgan fingerprint density at radius 1 is 1.04 bits per heavy atom. The van der Waals surface area contributed by atoms with Crippen molar-refractivity contribution in [2.24, 2.45) is 0 Å². The molecular formula is C27H23Cl2F5N8O5S2. The number of amides is 1. The molecule has 1 amide bonds. The number of ether oxygens (including phenoxy) is 2. The Bertz CT molecular complexity index is 2030. The van der Waals surface area contributed by atoms with Crippen LogP contribution in [0.2, 0.25) is 10.0 Å². The van der Waals surface area contributed by atoms with Crippen molar-refractivity contribution in [2.75, 3.05) is 22.8 Å². The van der Waals surface area contributed by atoms with Gasteiger partial charge >= 0.3 is 12.2 Å². The fourth-order valence-electron chi connectivity index (χ4n) is 3.84. The first-order valence-electron chi connectivity index (χ1n) is 13.6. The number of alkyl halides is 3. The highest BCUT2D eigenvalue weighted by Gasteiger charge is 2.36. The third kappa shape index (κ3) is 9.40. The second-order valence-electron chi connectivity index (χ2n) is 9.65. The minimum Gasteiger partial charge on any atom is -0.464 e. The molecule has 0 fully saturated rings. The SMILES string of the molecule is CC(C)N(C(=O)COc1nnc(C(F)(F)F)s1)c1ccc(F)cc1.CCOc1nc(F)cc2nc(S(=O)(=O)Nc3c(Cl)cccc3Cl)nn12. The van der Waals surface area contributed by atoms with Crippen LogP contribution in [0.5, 0.6) is 11.2 Å². The van der Waals surface area contributed by atoms with Gasteiger partial charge in [0.25, 0.3) is 26.3 Å². The smallest absolute Gasteiger partial charge is 0.445 e. The Morgan fingerprint density at radius 2 is 1.69 bits per heavy atom. The molecule has 0 unspecified atom stereocenters. The number of para-hydroxylation sites is 1. The summed E-state index contributed by atoms with van der Waals surface area (Å²) in [6, 6.07) is 10.2. The Morgan fingerprint density at radius 3 is 2.27 bits per heavy atom. The van der Waals surface area contributed by atoms with E-state index < -0.39 is 50.6 Å². The molecular weight excluding hydrogens is 746 g/mol. The van der Waals surface area contributed by atoms with Crippen LogP contribution in [0.3, 0.4) is 0 Å². The quantitative estimate of drug-likeness (QED) is 0.127. The maximum absolute atomic E-state index is 13.5. The zero-order valence-corrected chi connectivity index (χ0v) is 28.4. The summed E-state index contributed by atoms with van der Waals surface area (Å²) >= 11 is 12.1. The van der Waals surface area contributed by atoms with E-state index >= 15 is 0 Å². The van der Waals surface area contributed by atoms with Gasteiger partial charge in [0.1, 0.15) is 5.82 Å². The lowest BCUT2D eigenvalue weighted by atomic mass is 10.2. The molecule has 0 atom stereocenters. The van der Waals surface area contributed by atoms with Crippen molar-refractivity contribution in [1.29, 1.82) is 0 Å².